The van der Waals surface area contributed by atoms with Crippen LogP contribution in [0.15, 0.2) is 18.2 Å². The fourth-order valence-corrected chi connectivity index (χ4v) is 2.98. The summed E-state index contributed by atoms with van der Waals surface area (Å²) in [5.41, 5.74) is 4.04. The number of aliphatic hydroxyl groups excluding tert-OH is 1. The van der Waals surface area contributed by atoms with Crippen LogP contribution in [0.3, 0.4) is 0 Å². The molecule has 19 heavy (non-hydrogen) atoms. The third kappa shape index (κ3) is 3.48. The van der Waals surface area contributed by atoms with Crippen molar-refractivity contribution in [2.24, 2.45) is 5.92 Å². The summed E-state index contributed by atoms with van der Waals surface area (Å²) in [5, 5.41) is 12.9. The van der Waals surface area contributed by atoms with Gasteiger partial charge in [0.1, 0.15) is 0 Å². The van der Waals surface area contributed by atoms with E-state index >= 15 is 0 Å². The molecule has 1 aliphatic rings. The number of piperidine rings is 1. The minimum absolute atomic E-state index is 0.169. The first-order valence-electron chi connectivity index (χ1n) is 7.29. The van der Waals surface area contributed by atoms with Crippen LogP contribution in [-0.2, 0) is 6.54 Å². The van der Waals surface area contributed by atoms with Gasteiger partial charge in [0.15, 0.2) is 0 Å². The van der Waals surface area contributed by atoms with Gasteiger partial charge >= 0.3 is 0 Å². The molecule has 1 aliphatic heterocycles. The van der Waals surface area contributed by atoms with Crippen LogP contribution in [0, 0.1) is 12.8 Å². The second-order valence-corrected chi connectivity index (χ2v) is 5.73. The summed E-state index contributed by atoms with van der Waals surface area (Å²) in [7, 11) is 1.99. The molecule has 2 rings (SSSR count). The number of nitrogens with one attached hydrogen (secondary N) is 1. The van der Waals surface area contributed by atoms with Gasteiger partial charge in [0.25, 0.3) is 0 Å². The van der Waals surface area contributed by atoms with Gasteiger partial charge < -0.3 is 15.3 Å². The molecule has 0 amide bonds. The lowest BCUT2D eigenvalue weighted by molar-refractivity contribution is 0.110. The van der Waals surface area contributed by atoms with E-state index in [1.54, 1.807) is 0 Å². The normalized spacial score (nSPS) is 18.6. The van der Waals surface area contributed by atoms with E-state index in [4.69, 9.17) is 0 Å². The van der Waals surface area contributed by atoms with Crippen molar-refractivity contribution in [3.63, 3.8) is 0 Å². The quantitative estimate of drug-likeness (QED) is 0.874. The summed E-state index contributed by atoms with van der Waals surface area (Å²) in [6, 6.07) is 6.70. The molecular formula is C16H26N2O. The molecule has 1 saturated heterocycles. The Bertz CT molecular complexity index is 409. The molecule has 1 atom stereocenters. The molecule has 2 N–H and O–H groups in total. The molecule has 0 aromatic heterocycles. The van der Waals surface area contributed by atoms with Crippen molar-refractivity contribution in [2.45, 2.75) is 39.3 Å². The summed E-state index contributed by atoms with van der Waals surface area (Å²) in [5.74, 6) is 0.467. The van der Waals surface area contributed by atoms with Crippen molar-refractivity contribution in [1.29, 1.82) is 0 Å². The molecule has 3 nitrogen and oxygen atoms in total. The number of nitrogens with zero attached hydrogens (tertiary/aromatic N) is 1. The lowest BCUT2D eigenvalue weighted by Gasteiger charge is -2.36. The Kier molecular flexibility index (Phi) is 4.83. The minimum Gasteiger partial charge on any atom is -0.393 e. The predicted molar refractivity (Wildman–Crippen MR) is 80.6 cm³/mol. The molecule has 0 radical (unpaired) electrons. The first kappa shape index (κ1) is 14.4. The maximum Gasteiger partial charge on any atom is 0.0541 e. The Labute approximate surface area is 116 Å². The van der Waals surface area contributed by atoms with E-state index in [0.29, 0.717) is 5.92 Å². The first-order chi connectivity index (χ1) is 9.11. The average molecular weight is 262 g/mol. The van der Waals surface area contributed by atoms with Crippen molar-refractivity contribution in [2.75, 3.05) is 25.0 Å². The van der Waals surface area contributed by atoms with Crippen LogP contribution in [0.4, 0.5) is 5.69 Å². The standard InChI is InChI=1S/C16H26N2O/c1-12-4-5-16(15(10-12)11-17-3)18-8-6-14(7-9-18)13(2)19/h4-5,10,13-14,17,19H,6-9,11H2,1-3H3. The third-order valence-electron chi connectivity index (χ3n) is 4.16. The number of benzene rings is 1. The van der Waals surface area contributed by atoms with E-state index in [2.05, 4.69) is 35.3 Å². The number of hydrogen-bond donors (Lipinski definition) is 2. The van der Waals surface area contributed by atoms with E-state index in [9.17, 15) is 5.11 Å². The lowest BCUT2D eigenvalue weighted by Crippen LogP contribution is -2.37. The molecule has 0 aliphatic carbocycles. The summed E-state index contributed by atoms with van der Waals surface area (Å²) >= 11 is 0. The third-order valence-corrected chi connectivity index (χ3v) is 4.16. The highest BCUT2D eigenvalue weighted by Crippen LogP contribution is 2.28. The number of aliphatic hydroxyl groups is 1. The Hall–Kier alpha value is -1.06. The number of hydrogen-bond acceptors (Lipinski definition) is 3. The molecule has 0 bridgehead atoms. The molecule has 1 aromatic rings. The van der Waals surface area contributed by atoms with Crippen LogP contribution >= 0.6 is 0 Å². The van der Waals surface area contributed by atoms with Crippen molar-refractivity contribution >= 4 is 5.69 Å². The Balaban J connectivity index is 2.10. The predicted octanol–water partition coefficient (Wildman–Crippen LogP) is 2.31. The van der Waals surface area contributed by atoms with Gasteiger partial charge in [-0.3, -0.25) is 0 Å². The monoisotopic (exact) mass is 262 g/mol. The van der Waals surface area contributed by atoms with E-state index in [1.807, 2.05) is 14.0 Å². The molecule has 106 valence electrons. The zero-order valence-corrected chi connectivity index (χ0v) is 12.3. The van der Waals surface area contributed by atoms with Crippen molar-refractivity contribution < 1.29 is 5.11 Å². The zero-order valence-electron chi connectivity index (χ0n) is 12.3. The van der Waals surface area contributed by atoms with Crippen LogP contribution < -0.4 is 10.2 Å². The molecular weight excluding hydrogens is 236 g/mol. The summed E-state index contributed by atoms with van der Waals surface area (Å²) in [6.07, 6.45) is 2.01. The lowest BCUT2D eigenvalue weighted by atomic mass is 9.91. The average Bonchev–Trinajstić information content (AvgIpc) is 2.39. The Morgan fingerprint density at radius 2 is 2.05 bits per heavy atom. The summed E-state index contributed by atoms with van der Waals surface area (Å²) in [4.78, 5) is 2.46. The maximum absolute atomic E-state index is 9.68. The van der Waals surface area contributed by atoms with Crippen molar-refractivity contribution in [3.8, 4) is 0 Å². The van der Waals surface area contributed by atoms with Crippen LogP contribution in [0.25, 0.3) is 0 Å². The van der Waals surface area contributed by atoms with Gasteiger partial charge in [-0.05, 0) is 51.3 Å². The molecule has 3 heteroatoms. The molecule has 0 spiro atoms. The molecule has 1 fully saturated rings. The van der Waals surface area contributed by atoms with Gasteiger partial charge in [-0.2, -0.15) is 0 Å². The largest absolute Gasteiger partial charge is 0.393 e. The van der Waals surface area contributed by atoms with Gasteiger partial charge in [-0.25, -0.2) is 0 Å². The van der Waals surface area contributed by atoms with Gasteiger partial charge in [0, 0.05) is 25.3 Å². The van der Waals surface area contributed by atoms with Crippen LogP contribution in [-0.4, -0.2) is 31.3 Å². The number of anilines is 1. The minimum atomic E-state index is -0.169. The van der Waals surface area contributed by atoms with Crippen LogP contribution in [0.5, 0.6) is 0 Å². The molecule has 1 aromatic carbocycles. The fourth-order valence-electron chi connectivity index (χ4n) is 2.98. The maximum atomic E-state index is 9.68. The van der Waals surface area contributed by atoms with Crippen LogP contribution in [0.2, 0.25) is 0 Å². The zero-order chi connectivity index (χ0) is 13.8. The topological polar surface area (TPSA) is 35.5 Å². The number of rotatable bonds is 4. The molecule has 1 unspecified atom stereocenters. The highest BCUT2D eigenvalue weighted by atomic mass is 16.3. The van der Waals surface area contributed by atoms with Crippen molar-refractivity contribution in [3.05, 3.63) is 29.3 Å². The molecule has 0 saturated carbocycles. The van der Waals surface area contributed by atoms with Gasteiger partial charge in [0.05, 0.1) is 6.10 Å². The SMILES string of the molecule is CNCc1cc(C)ccc1N1CCC(C(C)O)CC1. The van der Waals surface area contributed by atoms with Crippen LogP contribution in [0.1, 0.15) is 30.9 Å². The van der Waals surface area contributed by atoms with Crippen molar-refractivity contribution in [1.82, 2.24) is 5.32 Å². The van der Waals surface area contributed by atoms with E-state index in [1.165, 1.54) is 16.8 Å². The van der Waals surface area contributed by atoms with E-state index in [-0.39, 0.29) is 6.10 Å². The summed E-state index contributed by atoms with van der Waals surface area (Å²) < 4.78 is 0. The van der Waals surface area contributed by atoms with Gasteiger partial charge in [-0.1, -0.05) is 17.7 Å². The summed E-state index contributed by atoms with van der Waals surface area (Å²) in [6.45, 7) is 7.07. The van der Waals surface area contributed by atoms with Gasteiger partial charge in [-0.15, -0.1) is 0 Å². The second-order valence-electron chi connectivity index (χ2n) is 5.73. The molecule has 1 heterocycles. The fraction of sp³-hybridized carbons (Fsp3) is 0.625. The van der Waals surface area contributed by atoms with Gasteiger partial charge in [0.2, 0.25) is 0 Å². The highest BCUT2D eigenvalue weighted by molar-refractivity contribution is 5.55. The second kappa shape index (κ2) is 6.40. The highest BCUT2D eigenvalue weighted by Gasteiger charge is 2.23. The Morgan fingerprint density at radius 3 is 2.63 bits per heavy atom. The Morgan fingerprint density at radius 1 is 1.37 bits per heavy atom. The van der Waals surface area contributed by atoms with E-state index in [0.717, 1.165) is 32.5 Å². The smallest absolute Gasteiger partial charge is 0.0541 e. The first-order valence-corrected chi connectivity index (χ1v) is 7.29. The number of aryl methyl sites for hydroxylation is 1. The van der Waals surface area contributed by atoms with E-state index < -0.39 is 0 Å².